The van der Waals surface area contributed by atoms with Gasteiger partial charge in [0.15, 0.2) is 0 Å². The molecule has 1 aromatic heterocycles. The van der Waals surface area contributed by atoms with E-state index in [-0.39, 0.29) is 5.91 Å². The molecule has 1 heterocycles. The van der Waals surface area contributed by atoms with Crippen LogP contribution in [-0.2, 0) is 9.59 Å². The number of nitrogens with zero attached hydrogens (tertiary/aromatic N) is 1. The van der Waals surface area contributed by atoms with Crippen molar-refractivity contribution in [2.75, 3.05) is 5.32 Å². The molecule has 19 heavy (non-hydrogen) atoms. The fourth-order valence-electron chi connectivity index (χ4n) is 1.23. The first-order chi connectivity index (χ1) is 8.85. The van der Waals surface area contributed by atoms with Gasteiger partial charge in [-0.2, -0.15) is 0 Å². The number of carboxylic acids is 1. The number of aromatic nitrogens is 1. The molecule has 1 aromatic rings. The number of hydrogen-bond donors (Lipinski definition) is 2. The summed E-state index contributed by atoms with van der Waals surface area (Å²) < 4.78 is 0. The highest BCUT2D eigenvalue weighted by molar-refractivity contribution is 5.94. The fourth-order valence-corrected chi connectivity index (χ4v) is 1.23. The maximum atomic E-state index is 12.0. The van der Waals surface area contributed by atoms with Crippen molar-refractivity contribution in [3.05, 3.63) is 30.0 Å². The van der Waals surface area contributed by atoms with E-state index in [1.807, 2.05) is 20.8 Å². The quantitative estimate of drug-likeness (QED) is 0.799. The number of pyridine rings is 1. The summed E-state index contributed by atoms with van der Waals surface area (Å²) in [5.41, 5.74) is 0.205. The van der Waals surface area contributed by atoms with Crippen LogP contribution in [0, 0.1) is 5.41 Å². The molecule has 0 saturated carbocycles. The Bertz CT molecular complexity index is 507. The van der Waals surface area contributed by atoms with Gasteiger partial charge in [-0.25, -0.2) is 9.78 Å². The van der Waals surface area contributed by atoms with E-state index < -0.39 is 11.4 Å². The third-order valence-corrected chi connectivity index (χ3v) is 2.94. The van der Waals surface area contributed by atoms with Crippen LogP contribution >= 0.6 is 0 Å². The van der Waals surface area contributed by atoms with E-state index in [4.69, 9.17) is 5.11 Å². The largest absolute Gasteiger partial charge is 0.478 e. The number of amides is 1. The zero-order valence-electron chi connectivity index (χ0n) is 11.3. The summed E-state index contributed by atoms with van der Waals surface area (Å²) in [6, 6.07) is 3.29. The first-order valence-corrected chi connectivity index (χ1v) is 6.03. The molecule has 0 atom stereocenters. The summed E-state index contributed by atoms with van der Waals surface area (Å²) in [6.45, 7) is 5.66. The Kier molecular flexibility index (Phi) is 4.80. The van der Waals surface area contributed by atoms with Crippen LogP contribution in [0.3, 0.4) is 0 Å². The van der Waals surface area contributed by atoms with E-state index >= 15 is 0 Å². The number of carbonyl (C=O) groups excluding carboxylic acids is 1. The minimum Gasteiger partial charge on any atom is -0.478 e. The molecule has 0 aliphatic carbocycles. The van der Waals surface area contributed by atoms with Crippen molar-refractivity contribution in [1.29, 1.82) is 0 Å². The average molecular weight is 262 g/mol. The lowest BCUT2D eigenvalue weighted by Gasteiger charge is -2.21. The Labute approximate surface area is 112 Å². The predicted octanol–water partition coefficient (Wildman–Crippen LogP) is 2.55. The lowest BCUT2D eigenvalue weighted by atomic mass is 9.89. The van der Waals surface area contributed by atoms with Crippen molar-refractivity contribution in [1.82, 2.24) is 4.98 Å². The first-order valence-electron chi connectivity index (χ1n) is 6.03. The van der Waals surface area contributed by atoms with Crippen LogP contribution in [0.15, 0.2) is 24.4 Å². The molecular weight excluding hydrogens is 244 g/mol. The number of rotatable bonds is 5. The monoisotopic (exact) mass is 262 g/mol. The normalized spacial score (nSPS) is 11.5. The summed E-state index contributed by atoms with van der Waals surface area (Å²) in [5, 5.41) is 11.3. The summed E-state index contributed by atoms with van der Waals surface area (Å²) >= 11 is 0. The Morgan fingerprint density at radius 3 is 2.74 bits per heavy atom. The van der Waals surface area contributed by atoms with Gasteiger partial charge < -0.3 is 10.4 Å². The van der Waals surface area contributed by atoms with Crippen LogP contribution in [0.1, 0.15) is 32.8 Å². The Hall–Kier alpha value is -2.17. The SMILES string of the molecule is CCC(C)(C)C(=O)Nc1cc(/C=C/C(=O)O)ccn1. The van der Waals surface area contributed by atoms with E-state index in [0.717, 1.165) is 12.5 Å². The topological polar surface area (TPSA) is 79.3 Å². The van der Waals surface area contributed by atoms with Gasteiger partial charge in [0.25, 0.3) is 0 Å². The van der Waals surface area contributed by atoms with Crippen molar-refractivity contribution in [3.8, 4) is 0 Å². The molecule has 0 radical (unpaired) electrons. The minimum atomic E-state index is -1.02. The van der Waals surface area contributed by atoms with Crippen LogP contribution < -0.4 is 5.32 Å². The molecule has 0 bridgehead atoms. The van der Waals surface area contributed by atoms with Crippen LogP contribution in [0.25, 0.3) is 6.08 Å². The van der Waals surface area contributed by atoms with E-state index in [0.29, 0.717) is 11.4 Å². The van der Waals surface area contributed by atoms with Crippen LogP contribution in [-0.4, -0.2) is 22.0 Å². The van der Waals surface area contributed by atoms with Crippen molar-refractivity contribution in [2.45, 2.75) is 27.2 Å². The van der Waals surface area contributed by atoms with Gasteiger partial charge in [-0.15, -0.1) is 0 Å². The molecule has 0 aliphatic rings. The van der Waals surface area contributed by atoms with Crippen LogP contribution in [0.5, 0.6) is 0 Å². The number of carboxylic acid groups (broad SMARTS) is 1. The lowest BCUT2D eigenvalue weighted by Crippen LogP contribution is -2.30. The second-order valence-electron chi connectivity index (χ2n) is 4.84. The lowest BCUT2D eigenvalue weighted by molar-refractivity contribution is -0.131. The van der Waals surface area contributed by atoms with Crippen molar-refractivity contribution in [2.24, 2.45) is 5.41 Å². The van der Waals surface area contributed by atoms with Gasteiger partial charge in [0.2, 0.25) is 5.91 Å². The highest BCUT2D eigenvalue weighted by Gasteiger charge is 2.25. The average Bonchev–Trinajstić information content (AvgIpc) is 2.36. The molecule has 5 nitrogen and oxygen atoms in total. The van der Waals surface area contributed by atoms with Crippen molar-refractivity contribution in [3.63, 3.8) is 0 Å². The maximum absolute atomic E-state index is 12.0. The van der Waals surface area contributed by atoms with Gasteiger partial charge in [0, 0.05) is 17.7 Å². The first kappa shape index (κ1) is 14.9. The zero-order valence-corrected chi connectivity index (χ0v) is 11.3. The molecule has 0 unspecified atom stereocenters. The third kappa shape index (κ3) is 4.54. The van der Waals surface area contributed by atoms with Crippen LogP contribution in [0.2, 0.25) is 0 Å². The summed E-state index contributed by atoms with van der Waals surface area (Å²) in [5.74, 6) is -0.713. The molecular formula is C14H18N2O3. The van der Waals surface area contributed by atoms with E-state index in [9.17, 15) is 9.59 Å². The molecule has 0 saturated heterocycles. The summed E-state index contributed by atoms with van der Waals surface area (Å²) in [6.07, 6.45) is 4.73. The van der Waals surface area contributed by atoms with Gasteiger partial charge in [-0.05, 0) is 30.2 Å². The number of aliphatic carboxylic acids is 1. The van der Waals surface area contributed by atoms with Crippen molar-refractivity contribution >= 4 is 23.8 Å². The summed E-state index contributed by atoms with van der Waals surface area (Å²) in [4.78, 5) is 26.5. The number of anilines is 1. The molecule has 0 fully saturated rings. The predicted molar refractivity (Wildman–Crippen MR) is 73.6 cm³/mol. The molecule has 0 aliphatic heterocycles. The second kappa shape index (κ2) is 6.13. The number of carbonyl (C=O) groups is 2. The summed E-state index contributed by atoms with van der Waals surface area (Å²) in [7, 11) is 0. The standard InChI is InChI=1S/C14H18N2O3/c1-4-14(2,3)13(19)16-11-9-10(7-8-15-11)5-6-12(17)18/h5-9H,4H2,1-3H3,(H,17,18)(H,15,16,19)/b6-5+. The van der Waals surface area contributed by atoms with Gasteiger partial charge in [0.05, 0.1) is 0 Å². The van der Waals surface area contributed by atoms with Gasteiger partial charge in [-0.1, -0.05) is 20.8 Å². The van der Waals surface area contributed by atoms with Gasteiger partial charge >= 0.3 is 5.97 Å². The smallest absolute Gasteiger partial charge is 0.328 e. The van der Waals surface area contributed by atoms with Crippen molar-refractivity contribution < 1.29 is 14.7 Å². The van der Waals surface area contributed by atoms with E-state index in [2.05, 4.69) is 10.3 Å². The molecule has 0 spiro atoms. The Morgan fingerprint density at radius 1 is 1.47 bits per heavy atom. The molecule has 2 N–H and O–H groups in total. The minimum absolute atomic E-state index is 0.109. The molecule has 1 amide bonds. The zero-order chi connectivity index (χ0) is 14.5. The second-order valence-corrected chi connectivity index (χ2v) is 4.84. The molecule has 5 heteroatoms. The van der Waals surface area contributed by atoms with Crippen LogP contribution in [0.4, 0.5) is 5.82 Å². The fraction of sp³-hybridized carbons (Fsp3) is 0.357. The Morgan fingerprint density at radius 2 is 2.16 bits per heavy atom. The molecule has 1 rings (SSSR count). The van der Waals surface area contributed by atoms with E-state index in [1.165, 1.54) is 12.3 Å². The number of hydrogen-bond acceptors (Lipinski definition) is 3. The molecule has 102 valence electrons. The highest BCUT2D eigenvalue weighted by Crippen LogP contribution is 2.21. The molecule has 0 aromatic carbocycles. The maximum Gasteiger partial charge on any atom is 0.328 e. The third-order valence-electron chi connectivity index (χ3n) is 2.94. The number of nitrogens with one attached hydrogen (secondary N) is 1. The highest BCUT2D eigenvalue weighted by atomic mass is 16.4. The van der Waals surface area contributed by atoms with E-state index in [1.54, 1.807) is 12.1 Å². The van der Waals surface area contributed by atoms with Gasteiger partial charge in [-0.3, -0.25) is 4.79 Å². The Balaban J connectivity index is 2.83. The van der Waals surface area contributed by atoms with Gasteiger partial charge in [0.1, 0.15) is 5.82 Å².